The van der Waals surface area contributed by atoms with Gasteiger partial charge in [0.05, 0.1) is 4.92 Å². The molecule has 1 heterocycles. The van der Waals surface area contributed by atoms with Gasteiger partial charge in [0.1, 0.15) is 6.20 Å². The van der Waals surface area contributed by atoms with E-state index in [1.807, 2.05) is 20.8 Å². The van der Waals surface area contributed by atoms with Crippen molar-refractivity contribution in [2.45, 2.75) is 20.8 Å². The summed E-state index contributed by atoms with van der Waals surface area (Å²) in [5.41, 5.74) is -0.104. The Labute approximate surface area is 99.8 Å². The number of nitro groups is 1. The molecule has 94 valence electrons. The van der Waals surface area contributed by atoms with Gasteiger partial charge in [-0.25, -0.2) is 4.98 Å². The summed E-state index contributed by atoms with van der Waals surface area (Å²) in [6.07, 6.45) is 1.22. The van der Waals surface area contributed by atoms with E-state index in [9.17, 15) is 10.1 Å². The summed E-state index contributed by atoms with van der Waals surface area (Å²) < 4.78 is 0. The molecule has 0 fully saturated rings. The van der Waals surface area contributed by atoms with Crippen molar-refractivity contribution in [2.24, 2.45) is 5.92 Å². The van der Waals surface area contributed by atoms with Crippen molar-refractivity contribution < 1.29 is 4.92 Å². The Bertz CT molecular complexity index is 394. The lowest BCUT2D eigenvalue weighted by Crippen LogP contribution is -2.13. The number of nitrogens with zero attached hydrogens (tertiary/aromatic N) is 3. The zero-order chi connectivity index (χ0) is 12.8. The minimum absolute atomic E-state index is 0.104. The lowest BCUT2D eigenvalue weighted by molar-refractivity contribution is -0.384. The van der Waals surface area contributed by atoms with E-state index in [1.165, 1.54) is 6.20 Å². The van der Waals surface area contributed by atoms with Crippen LogP contribution in [0.25, 0.3) is 0 Å². The molecule has 0 aromatic carbocycles. The van der Waals surface area contributed by atoms with E-state index in [0.717, 1.165) is 0 Å². The van der Waals surface area contributed by atoms with Crippen molar-refractivity contribution in [3.8, 4) is 0 Å². The van der Waals surface area contributed by atoms with Gasteiger partial charge in [-0.05, 0) is 12.8 Å². The van der Waals surface area contributed by atoms with Gasteiger partial charge in [0.2, 0.25) is 11.8 Å². The maximum Gasteiger partial charge on any atom is 0.329 e. The molecule has 0 spiro atoms. The van der Waals surface area contributed by atoms with Crippen LogP contribution in [0.1, 0.15) is 20.8 Å². The van der Waals surface area contributed by atoms with Crippen LogP contribution in [0.4, 0.5) is 17.5 Å². The fourth-order valence-corrected chi connectivity index (χ4v) is 1.18. The minimum Gasteiger partial charge on any atom is -0.364 e. The van der Waals surface area contributed by atoms with E-state index < -0.39 is 4.92 Å². The van der Waals surface area contributed by atoms with E-state index in [1.54, 1.807) is 0 Å². The van der Waals surface area contributed by atoms with Crippen LogP contribution in [-0.2, 0) is 0 Å². The second-order valence-electron chi connectivity index (χ2n) is 3.99. The molecule has 0 saturated heterocycles. The molecule has 1 aromatic heterocycles. The van der Waals surface area contributed by atoms with Crippen LogP contribution in [0.3, 0.4) is 0 Å². The highest BCUT2D eigenvalue weighted by atomic mass is 16.6. The molecule has 1 aromatic rings. The maximum atomic E-state index is 10.8. The van der Waals surface area contributed by atoms with Crippen molar-refractivity contribution in [1.82, 2.24) is 9.97 Å². The highest BCUT2D eigenvalue weighted by Crippen LogP contribution is 2.21. The second kappa shape index (κ2) is 5.97. The first kappa shape index (κ1) is 13.1. The molecule has 0 atom stereocenters. The van der Waals surface area contributed by atoms with E-state index in [2.05, 4.69) is 20.6 Å². The Kier molecular flexibility index (Phi) is 4.62. The van der Waals surface area contributed by atoms with Gasteiger partial charge < -0.3 is 10.6 Å². The van der Waals surface area contributed by atoms with Gasteiger partial charge in [-0.3, -0.25) is 10.1 Å². The molecule has 0 aliphatic heterocycles. The fourth-order valence-electron chi connectivity index (χ4n) is 1.18. The van der Waals surface area contributed by atoms with Gasteiger partial charge >= 0.3 is 5.69 Å². The first-order chi connectivity index (χ1) is 8.04. The minimum atomic E-state index is -0.488. The van der Waals surface area contributed by atoms with Crippen molar-refractivity contribution in [3.05, 3.63) is 16.3 Å². The smallest absolute Gasteiger partial charge is 0.329 e. The van der Waals surface area contributed by atoms with Crippen molar-refractivity contribution in [2.75, 3.05) is 23.7 Å². The summed E-state index contributed by atoms with van der Waals surface area (Å²) >= 11 is 0. The molecule has 0 amide bonds. The summed E-state index contributed by atoms with van der Waals surface area (Å²) in [7, 11) is 0. The number of hydrogen-bond acceptors (Lipinski definition) is 6. The number of hydrogen-bond donors (Lipinski definition) is 2. The van der Waals surface area contributed by atoms with Crippen molar-refractivity contribution in [3.63, 3.8) is 0 Å². The van der Waals surface area contributed by atoms with E-state index in [0.29, 0.717) is 25.0 Å². The second-order valence-corrected chi connectivity index (χ2v) is 3.99. The summed E-state index contributed by atoms with van der Waals surface area (Å²) in [4.78, 5) is 18.3. The quantitative estimate of drug-likeness (QED) is 0.581. The number of nitrogens with one attached hydrogen (secondary N) is 2. The Morgan fingerprint density at radius 1 is 1.47 bits per heavy atom. The molecule has 1 rings (SSSR count). The summed E-state index contributed by atoms with van der Waals surface area (Å²) in [5, 5.41) is 16.7. The third-order valence-electron chi connectivity index (χ3n) is 1.98. The lowest BCUT2D eigenvalue weighted by atomic mass is 10.2. The van der Waals surface area contributed by atoms with Gasteiger partial charge in [-0.15, -0.1) is 0 Å². The van der Waals surface area contributed by atoms with Crippen LogP contribution in [0.2, 0.25) is 0 Å². The molecule has 0 unspecified atom stereocenters. The van der Waals surface area contributed by atoms with E-state index in [-0.39, 0.29) is 11.5 Å². The number of anilines is 2. The van der Waals surface area contributed by atoms with Gasteiger partial charge in [0, 0.05) is 13.1 Å². The van der Waals surface area contributed by atoms with Gasteiger partial charge in [0.15, 0.2) is 0 Å². The molecule has 0 bridgehead atoms. The molecular formula is C10H17N5O2. The van der Waals surface area contributed by atoms with Crippen LogP contribution >= 0.6 is 0 Å². The monoisotopic (exact) mass is 239 g/mol. The average Bonchev–Trinajstić information content (AvgIpc) is 2.26. The Morgan fingerprint density at radius 2 is 2.18 bits per heavy atom. The van der Waals surface area contributed by atoms with Gasteiger partial charge in [-0.1, -0.05) is 13.8 Å². The first-order valence-electron chi connectivity index (χ1n) is 5.53. The van der Waals surface area contributed by atoms with E-state index >= 15 is 0 Å². The van der Waals surface area contributed by atoms with Crippen LogP contribution in [0, 0.1) is 16.0 Å². The standard InChI is InChI=1S/C10H17N5O2/c1-4-11-10-13-6-8(15(16)17)9(14-10)12-5-7(2)3/h6-7H,4-5H2,1-3H3,(H2,11,12,13,14). The molecule has 7 nitrogen and oxygen atoms in total. The molecule has 0 aliphatic carbocycles. The van der Waals surface area contributed by atoms with Crippen molar-refractivity contribution >= 4 is 17.5 Å². The highest BCUT2D eigenvalue weighted by molar-refractivity contribution is 5.56. The normalized spacial score (nSPS) is 10.4. The van der Waals surface area contributed by atoms with Crippen LogP contribution in [0.5, 0.6) is 0 Å². The Morgan fingerprint density at radius 3 is 2.71 bits per heavy atom. The predicted molar refractivity (Wildman–Crippen MR) is 66.2 cm³/mol. The van der Waals surface area contributed by atoms with Crippen LogP contribution in [-0.4, -0.2) is 28.0 Å². The highest BCUT2D eigenvalue weighted by Gasteiger charge is 2.16. The van der Waals surface area contributed by atoms with Crippen molar-refractivity contribution in [1.29, 1.82) is 0 Å². The summed E-state index contributed by atoms with van der Waals surface area (Å²) in [6, 6.07) is 0. The predicted octanol–water partition coefficient (Wildman–Crippen LogP) is 1.88. The Hall–Kier alpha value is -1.92. The largest absolute Gasteiger partial charge is 0.364 e. The topological polar surface area (TPSA) is 93.0 Å². The molecule has 2 N–H and O–H groups in total. The maximum absolute atomic E-state index is 10.8. The fraction of sp³-hybridized carbons (Fsp3) is 0.600. The lowest BCUT2D eigenvalue weighted by Gasteiger charge is -2.09. The molecule has 17 heavy (non-hydrogen) atoms. The molecular weight excluding hydrogens is 222 g/mol. The number of aromatic nitrogens is 2. The molecule has 0 aliphatic rings. The Balaban J connectivity index is 2.94. The number of rotatable bonds is 6. The average molecular weight is 239 g/mol. The third-order valence-corrected chi connectivity index (χ3v) is 1.98. The van der Waals surface area contributed by atoms with Crippen LogP contribution < -0.4 is 10.6 Å². The summed E-state index contributed by atoms with van der Waals surface area (Å²) in [6.45, 7) is 7.24. The molecule has 0 radical (unpaired) electrons. The van der Waals surface area contributed by atoms with Gasteiger partial charge in [-0.2, -0.15) is 4.98 Å². The first-order valence-corrected chi connectivity index (χ1v) is 5.53. The molecule has 0 saturated carbocycles. The zero-order valence-electron chi connectivity index (χ0n) is 10.2. The zero-order valence-corrected chi connectivity index (χ0v) is 10.2. The van der Waals surface area contributed by atoms with E-state index in [4.69, 9.17) is 0 Å². The SMILES string of the molecule is CCNc1ncc([N+](=O)[O-])c(NCC(C)C)n1. The third kappa shape index (κ3) is 3.86. The van der Waals surface area contributed by atoms with Gasteiger partial charge in [0.25, 0.3) is 0 Å². The van der Waals surface area contributed by atoms with Crippen LogP contribution in [0.15, 0.2) is 6.20 Å². The molecule has 7 heteroatoms. The summed E-state index contributed by atoms with van der Waals surface area (Å²) in [5.74, 6) is 1.03.